The van der Waals surface area contributed by atoms with Crippen LogP contribution in [0.15, 0.2) is 42.5 Å². The fourth-order valence-electron chi connectivity index (χ4n) is 2.68. The molecule has 3 rings (SSSR count). The molecule has 0 aliphatic carbocycles. The Morgan fingerprint density at radius 2 is 2.05 bits per heavy atom. The molecule has 2 aromatic rings. The normalized spacial score (nSPS) is 19.2. The Hall–Kier alpha value is -1.87. The third kappa shape index (κ3) is 2.83. The summed E-state index contributed by atoms with van der Waals surface area (Å²) >= 11 is 0. The van der Waals surface area contributed by atoms with Crippen LogP contribution in [0.25, 0.3) is 10.8 Å². The molecule has 1 amide bonds. The number of carbonyl (C=O) groups is 1. The average molecular weight is 269 g/mol. The number of morpholine rings is 1. The van der Waals surface area contributed by atoms with Crippen molar-refractivity contribution in [3.05, 3.63) is 48.0 Å². The van der Waals surface area contributed by atoms with E-state index in [4.69, 9.17) is 4.74 Å². The van der Waals surface area contributed by atoms with Crippen molar-refractivity contribution >= 4 is 16.7 Å². The van der Waals surface area contributed by atoms with Gasteiger partial charge in [0.05, 0.1) is 19.1 Å². The van der Waals surface area contributed by atoms with Gasteiger partial charge < -0.3 is 9.64 Å². The molecule has 3 heteroatoms. The van der Waals surface area contributed by atoms with Crippen molar-refractivity contribution < 1.29 is 9.53 Å². The molecule has 0 bridgehead atoms. The summed E-state index contributed by atoms with van der Waals surface area (Å²) in [6, 6.07) is 14.5. The van der Waals surface area contributed by atoms with Crippen LogP contribution in [0, 0.1) is 0 Å². The molecule has 1 atom stereocenters. The number of benzene rings is 2. The largest absolute Gasteiger partial charge is 0.375 e. The minimum atomic E-state index is 0.143. The van der Waals surface area contributed by atoms with E-state index in [1.165, 1.54) is 10.8 Å². The first-order valence-electron chi connectivity index (χ1n) is 7.09. The topological polar surface area (TPSA) is 29.5 Å². The molecule has 0 aromatic heterocycles. The molecule has 104 valence electrons. The molecule has 0 spiro atoms. The molecule has 2 aromatic carbocycles. The first-order chi connectivity index (χ1) is 9.72. The van der Waals surface area contributed by atoms with E-state index < -0.39 is 0 Å². The summed E-state index contributed by atoms with van der Waals surface area (Å²) in [5.74, 6) is 0.190. The number of ether oxygens (including phenoxy) is 1. The van der Waals surface area contributed by atoms with Crippen molar-refractivity contribution in [2.24, 2.45) is 0 Å². The Balaban J connectivity index is 1.73. The summed E-state index contributed by atoms with van der Waals surface area (Å²) in [6.45, 7) is 4.06. The quantitative estimate of drug-likeness (QED) is 0.838. The maximum absolute atomic E-state index is 12.3. The highest BCUT2D eigenvalue weighted by atomic mass is 16.5. The van der Waals surface area contributed by atoms with Gasteiger partial charge in [-0.2, -0.15) is 0 Å². The smallest absolute Gasteiger partial charge is 0.227 e. The van der Waals surface area contributed by atoms with E-state index in [-0.39, 0.29) is 12.0 Å². The molecule has 20 heavy (non-hydrogen) atoms. The lowest BCUT2D eigenvalue weighted by Crippen LogP contribution is -2.45. The van der Waals surface area contributed by atoms with Gasteiger partial charge in [-0.1, -0.05) is 42.5 Å². The molecule has 0 saturated carbocycles. The van der Waals surface area contributed by atoms with E-state index in [1.54, 1.807) is 0 Å². The second-order valence-corrected chi connectivity index (χ2v) is 5.38. The Bertz CT molecular complexity index is 623. The van der Waals surface area contributed by atoms with Gasteiger partial charge in [0.1, 0.15) is 0 Å². The van der Waals surface area contributed by atoms with Crippen LogP contribution in [0.3, 0.4) is 0 Å². The predicted molar refractivity (Wildman–Crippen MR) is 79.6 cm³/mol. The fraction of sp³-hybridized carbons (Fsp3) is 0.353. The number of carbonyl (C=O) groups excluding carboxylic acids is 1. The Morgan fingerprint density at radius 1 is 1.25 bits per heavy atom. The molecule has 0 N–H and O–H groups in total. The van der Waals surface area contributed by atoms with Gasteiger partial charge in [-0.3, -0.25) is 4.79 Å². The van der Waals surface area contributed by atoms with Crippen molar-refractivity contribution in [1.29, 1.82) is 0 Å². The van der Waals surface area contributed by atoms with Crippen LogP contribution in [0.5, 0.6) is 0 Å². The van der Waals surface area contributed by atoms with E-state index in [2.05, 4.69) is 24.3 Å². The van der Waals surface area contributed by atoms with Crippen molar-refractivity contribution in [3.63, 3.8) is 0 Å². The van der Waals surface area contributed by atoms with Crippen molar-refractivity contribution in [2.75, 3.05) is 19.7 Å². The molecular weight excluding hydrogens is 250 g/mol. The predicted octanol–water partition coefficient (Wildman–Crippen LogP) is 2.63. The van der Waals surface area contributed by atoms with E-state index in [1.807, 2.05) is 30.0 Å². The Kier molecular flexibility index (Phi) is 3.70. The van der Waals surface area contributed by atoms with Crippen LogP contribution in [0.4, 0.5) is 0 Å². The van der Waals surface area contributed by atoms with Crippen LogP contribution >= 0.6 is 0 Å². The summed E-state index contributed by atoms with van der Waals surface area (Å²) in [5.41, 5.74) is 1.08. The third-order valence-electron chi connectivity index (χ3n) is 3.76. The molecular formula is C17H19NO2. The molecule has 1 aliphatic heterocycles. The summed E-state index contributed by atoms with van der Waals surface area (Å²) in [5, 5.41) is 2.40. The second-order valence-electron chi connectivity index (χ2n) is 5.38. The SMILES string of the molecule is CC1CN(C(=O)Cc2ccc3ccccc3c2)CCO1. The van der Waals surface area contributed by atoms with E-state index in [9.17, 15) is 4.79 Å². The van der Waals surface area contributed by atoms with E-state index >= 15 is 0 Å². The van der Waals surface area contributed by atoms with Crippen LogP contribution in [-0.2, 0) is 16.0 Å². The molecule has 1 heterocycles. The van der Waals surface area contributed by atoms with Gasteiger partial charge in [0.15, 0.2) is 0 Å². The van der Waals surface area contributed by atoms with Crippen molar-refractivity contribution in [1.82, 2.24) is 4.90 Å². The fourth-order valence-corrected chi connectivity index (χ4v) is 2.68. The monoisotopic (exact) mass is 269 g/mol. The lowest BCUT2D eigenvalue weighted by atomic mass is 10.0. The van der Waals surface area contributed by atoms with Crippen LogP contribution in [-0.4, -0.2) is 36.6 Å². The van der Waals surface area contributed by atoms with Gasteiger partial charge in [0, 0.05) is 13.1 Å². The summed E-state index contributed by atoms with van der Waals surface area (Å²) in [4.78, 5) is 14.2. The second kappa shape index (κ2) is 5.63. The van der Waals surface area contributed by atoms with Gasteiger partial charge in [-0.05, 0) is 23.3 Å². The standard InChI is InChI=1S/C17H19NO2/c1-13-12-18(8-9-20-13)17(19)11-14-6-7-15-4-2-3-5-16(15)10-14/h2-7,10,13H,8-9,11-12H2,1H3. The summed E-state index contributed by atoms with van der Waals surface area (Å²) in [7, 11) is 0. The van der Waals surface area contributed by atoms with Gasteiger partial charge in [-0.25, -0.2) is 0 Å². The number of amides is 1. The molecule has 3 nitrogen and oxygen atoms in total. The lowest BCUT2D eigenvalue weighted by molar-refractivity contribution is -0.137. The highest BCUT2D eigenvalue weighted by Crippen LogP contribution is 2.17. The molecule has 1 saturated heterocycles. The highest BCUT2D eigenvalue weighted by Gasteiger charge is 2.21. The van der Waals surface area contributed by atoms with Crippen molar-refractivity contribution in [2.45, 2.75) is 19.4 Å². The highest BCUT2D eigenvalue weighted by molar-refractivity contribution is 5.85. The van der Waals surface area contributed by atoms with Crippen LogP contribution < -0.4 is 0 Å². The van der Waals surface area contributed by atoms with Crippen molar-refractivity contribution in [3.8, 4) is 0 Å². The third-order valence-corrected chi connectivity index (χ3v) is 3.76. The number of hydrogen-bond acceptors (Lipinski definition) is 2. The van der Waals surface area contributed by atoms with Gasteiger partial charge in [0.25, 0.3) is 0 Å². The molecule has 1 aliphatic rings. The maximum Gasteiger partial charge on any atom is 0.227 e. The van der Waals surface area contributed by atoms with E-state index in [0.717, 1.165) is 5.56 Å². The molecule has 0 radical (unpaired) electrons. The molecule has 1 fully saturated rings. The maximum atomic E-state index is 12.3. The lowest BCUT2D eigenvalue weighted by Gasteiger charge is -2.31. The summed E-state index contributed by atoms with van der Waals surface area (Å²) in [6.07, 6.45) is 0.613. The van der Waals surface area contributed by atoms with E-state index in [0.29, 0.717) is 26.1 Å². The minimum Gasteiger partial charge on any atom is -0.375 e. The molecule has 1 unspecified atom stereocenters. The minimum absolute atomic E-state index is 0.143. The number of fused-ring (bicyclic) bond motifs is 1. The first-order valence-corrected chi connectivity index (χ1v) is 7.09. The first kappa shape index (κ1) is 13.1. The average Bonchev–Trinajstić information content (AvgIpc) is 2.47. The number of hydrogen-bond donors (Lipinski definition) is 0. The van der Waals surface area contributed by atoms with Gasteiger partial charge in [-0.15, -0.1) is 0 Å². The number of nitrogens with zero attached hydrogens (tertiary/aromatic N) is 1. The Labute approximate surface area is 119 Å². The Morgan fingerprint density at radius 3 is 2.85 bits per heavy atom. The van der Waals surface area contributed by atoms with Gasteiger partial charge in [0.2, 0.25) is 5.91 Å². The number of rotatable bonds is 2. The van der Waals surface area contributed by atoms with Gasteiger partial charge >= 0.3 is 0 Å². The zero-order valence-corrected chi connectivity index (χ0v) is 11.7. The van der Waals surface area contributed by atoms with Crippen LogP contribution in [0.2, 0.25) is 0 Å². The zero-order valence-electron chi connectivity index (χ0n) is 11.7. The zero-order chi connectivity index (χ0) is 13.9. The summed E-state index contributed by atoms with van der Waals surface area (Å²) < 4.78 is 5.47. The van der Waals surface area contributed by atoms with Crippen LogP contribution in [0.1, 0.15) is 12.5 Å².